The lowest BCUT2D eigenvalue weighted by Crippen LogP contribution is -2.49. The molecule has 2 N–H and O–H groups in total. The minimum absolute atomic E-state index is 0.00679. The number of carbonyl (C=O) groups excluding carboxylic acids is 2. The van der Waals surface area contributed by atoms with Crippen molar-refractivity contribution >= 4 is 23.2 Å². The van der Waals surface area contributed by atoms with Gasteiger partial charge in [-0.2, -0.15) is 13.2 Å². The third-order valence-corrected chi connectivity index (χ3v) is 8.96. The van der Waals surface area contributed by atoms with Crippen LogP contribution in [0.15, 0.2) is 60.7 Å². The average Bonchev–Trinajstić information content (AvgIpc) is 3.46. The number of carbonyl (C=O) groups is 2. The van der Waals surface area contributed by atoms with Crippen molar-refractivity contribution < 1.29 is 22.8 Å². The summed E-state index contributed by atoms with van der Waals surface area (Å²) in [6, 6.07) is 17.4. The number of benzene rings is 3. The van der Waals surface area contributed by atoms with Gasteiger partial charge in [-0.1, -0.05) is 56.2 Å². The number of anilines is 2. The summed E-state index contributed by atoms with van der Waals surface area (Å²) in [6.07, 6.45) is 0.666. The van der Waals surface area contributed by atoms with Crippen LogP contribution in [0.1, 0.15) is 83.2 Å². The average molecular weight is 592 g/mol. The summed E-state index contributed by atoms with van der Waals surface area (Å²) in [5, 5.41) is 6.35. The van der Waals surface area contributed by atoms with Gasteiger partial charge in [-0.05, 0) is 92.5 Å². The molecule has 5 nitrogen and oxygen atoms in total. The minimum atomic E-state index is -4.53. The number of rotatable bonds is 6. The second-order valence-electron chi connectivity index (χ2n) is 12.4. The number of halogens is 3. The molecule has 2 aliphatic rings. The highest BCUT2D eigenvalue weighted by atomic mass is 19.4. The highest BCUT2D eigenvalue weighted by Gasteiger charge is 2.43. The molecule has 1 aliphatic carbocycles. The Morgan fingerprint density at radius 2 is 1.49 bits per heavy atom. The molecule has 0 radical (unpaired) electrons. The van der Waals surface area contributed by atoms with Crippen molar-refractivity contribution in [2.75, 3.05) is 17.2 Å². The summed E-state index contributed by atoms with van der Waals surface area (Å²) in [6.45, 7) is 7.68. The van der Waals surface area contributed by atoms with Crippen LogP contribution in [-0.4, -0.2) is 29.3 Å². The van der Waals surface area contributed by atoms with Crippen LogP contribution in [0.5, 0.6) is 0 Å². The molecule has 8 heteroatoms. The lowest BCUT2D eigenvalue weighted by molar-refractivity contribution is -0.138. The van der Waals surface area contributed by atoms with E-state index in [9.17, 15) is 22.8 Å². The quantitative estimate of drug-likeness (QED) is 0.302. The maximum absolute atomic E-state index is 14.2. The highest BCUT2D eigenvalue weighted by molar-refractivity contribution is 5.99. The lowest BCUT2D eigenvalue weighted by atomic mass is 9.79. The maximum Gasteiger partial charge on any atom is 0.416 e. The molecule has 1 saturated carbocycles. The number of amides is 2. The standard InChI is InChI=1S/C35H40F3N3O2/c1-21-18-29(33(42)40-28-15-12-22(2)30(19-28)35(36,37)38)32(25-13-16-27(17-14-25)39-26-10-5-6-11-26)41(20-21)34(43)31-23(3)8-7-9-24(31)4/h7-9,12-17,19,21,26,29,32,39H,5-6,10-11,18,20H2,1-4H3,(H,40,42)/t21-,29+,32+/m1/s1. The van der Waals surface area contributed by atoms with Crippen LogP contribution < -0.4 is 10.6 Å². The fourth-order valence-electron chi connectivity index (χ4n) is 6.79. The van der Waals surface area contributed by atoms with Gasteiger partial charge in [-0.15, -0.1) is 0 Å². The van der Waals surface area contributed by atoms with Gasteiger partial charge >= 0.3 is 6.18 Å². The Labute approximate surface area is 251 Å². The van der Waals surface area contributed by atoms with Crippen molar-refractivity contribution in [3.63, 3.8) is 0 Å². The van der Waals surface area contributed by atoms with Gasteiger partial charge < -0.3 is 15.5 Å². The minimum Gasteiger partial charge on any atom is -0.382 e. The van der Waals surface area contributed by atoms with E-state index in [0.29, 0.717) is 24.6 Å². The molecule has 228 valence electrons. The Bertz CT molecular complexity index is 1460. The number of nitrogens with zero attached hydrogens (tertiary/aromatic N) is 1. The molecule has 0 aromatic heterocycles. The summed E-state index contributed by atoms with van der Waals surface area (Å²) in [7, 11) is 0. The molecule has 0 unspecified atom stereocenters. The largest absolute Gasteiger partial charge is 0.416 e. The molecule has 3 aromatic carbocycles. The summed E-state index contributed by atoms with van der Waals surface area (Å²) in [5.74, 6) is -1.21. The molecule has 1 heterocycles. The van der Waals surface area contributed by atoms with Crippen molar-refractivity contribution in [1.29, 1.82) is 0 Å². The van der Waals surface area contributed by atoms with E-state index in [-0.39, 0.29) is 23.1 Å². The molecule has 0 spiro atoms. The molecule has 2 amide bonds. The zero-order valence-corrected chi connectivity index (χ0v) is 25.2. The predicted octanol–water partition coefficient (Wildman–Crippen LogP) is 8.46. The van der Waals surface area contributed by atoms with Crippen molar-refractivity contribution in [1.82, 2.24) is 4.90 Å². The van der Waals surface area contributed by atoms with Gasteiger partial charge in [0, 0.05) is 29.5 Å². The van der Waals surface area contributed by atoms with E-state index in [2.05, 4.69) is 10.6 Å². The second-order valence-corrected chi connectivity index (χ2v) is 12.4. The smallest absolute Gasteiger partial charge is 0.382 e. The third-order valence-electron chi connectivity index (χ3n) is 8.96. The molecule has 1 aliphatic heterocycles. The zero-order chi connectivity index (χ0) is 30.9. The van der Waals surface area contributed by atoms with Gasteiger partial charge in [0.25, 0.3) is 5.91 Å². The fraction of sp³-hybridized carbons (Fsp3) is 0.429. The van der Waals surface area contributed by atoms with Gasteiger partial charge in [0.05, 0.1) is 17.5 Å². The van der Waals surface area contributed by atoms with E-state index < -0.39 is 29.6 Å². The normalized spacial score (nSPS) is 21.1. The van der Waals surface area contributed by atoms with Gasteiger partial charge in [0.2, 0.25) is 5.91 Å². The second kappa shape index (κ2) is 12.4. The molecule has 0 bridgehead atoms. The van der Waals surface area contributed by atoms with E-state index in [0.717, 1.165) is 41.3 Å². The number of piperidine rings is 1. The fourth-order valence-corrected chi connectivity index (χ4v) is 6.79. The van der Waals surface area contributed by atoms with Gasteiger partial charge in [0.1, 0.15) is 0 Å². The van der Waals surface area contributed by atoms with E-state index in [1.54, 1.807) is 4.90 Å². The Hall–Kier alpha value is -3.81. The number of hydrogen-bond donors (Lipinski definition) is 2. The Kier molecular flexibility index (Phi) is 8.86. The molecule has 2 fully saturated rings. The van der Waals surface area contributed by atoms with Crippen LogP contribution in [-0.2, 0) is 11.0 Å². The van der Waals surface area contributed by atoms with Crippen LogP contribution in [0.2, 0.25) is 0 Å². The molecular weight excluding hydrogens is 551 g/mol. The lowest BCUT2D eigenvalue weighted by Gasteiger charge is -2.44. The molecule has 3 aromatic rings. The third kappa shape index (κ3) is 6.73. The van der Waals surface area contributed by atoms with Gasteiger partial charge in [0.15, 0.2) is 0 Å². The number of aryl methyl sites for hydroxylation is 3. The van der Waals surface area contributed by atoms with E-state index in [4.69, 9.17) is 0 Å². The first-order valence-electron chi connectivity index (χ1n) is 15.1. The predicted molar refractivity (Wildman–Crippen MR) is 164 cm³/mol. The summed E-state index contributed by atoms with van der Waals surface area (Å²) < 4.78 is 40.9. The summed E-state index contributed by atoms with van der Waals surface area (Å²) >= 11 is 0. The van der Waals surface area contributed by atoms with Crippen LogP contribution >= 0.6 is 0 Å². The maximum atomic E-state index is 14.2. The van der Waals surface area contributed by atoms with Gasteiger partial charge in [-0.25, -0.2) is 0 Å². The number of hydrogen-bond acceptors (Lipinski definition) is 3. The zero-order valence-electron chi connectivity index (χ0n) is 25.2. The van der Waals surface area contributed by atoms with Gasteiger partial charge in [-0.3, -0.25) is 9.59 Å². The number of alkyl halides is 3. The topological polar surface area (TPSA) is 61.4 Å². The highest BCUT2D eigenvalue weighted by Crippen LogP contribution is 2.41. The molecular formula is C35H40F3N3O2. The van der Waals surface area contributed by atoms with Crippen LogP contribution in [0.4, 0.5) is 24.5 Å². The first kappa shape index (κ1) is 30.6. The van der Waals surface area contributed by atoms with Crippen molar-refractivity contribution in [3.05, 3.63) is 94.0 Å². The molecule has 5 rings (SSSR count). The summed E-state index contributed by atoms with van der Waals surface area (Å²) in [5.41, 5.74) is 3.55. The van der Waals surface area contributed by atoms with Crippen LogP contribution in [0.3, 0.4) is 0 Å². The SMILES string of the molecule is Cc1ccc(NC(=O)[C@H]2C[C@@H](C)CN(C(=O)c3c(C)cccc3C)[C@H]2c2ccc(NC3CCCC3)cc2)cc1C(F)(F)F. The summed E-state index contributed by atoms with van der Waals surface area (Å²) in [4.78, 5) is 30.0. The van der Waals surface area contributed by atoms with Crippen molar-refractivity contribution in [2.45, 2.75) is 78.1 Å². The van der Waals surface area contributed by atoms with Crippen molar-refractivity contribution in [3.8, 4) is 0 Å². The van der Waals surface area contributed by atoms with E-state index >= 15 is 0 Å². The van der Waals surface area contributed by atoms with Crippen LogP contribution in [0.25, 0.3) is 0 Å². The first-order valence-corrected chi connectivity index (χ1v) is 15.1. The Morgan fingerprint density at radius 1 is 0.860 bits per heavy atom. The van der Waals surface area contributed by atoms with E-state index in [1.165, 1.54) is 31.9 Å². The molecule has 3 atom stereocenters. The molecule has 43 heavy (non-hydrogen) atoms. The van der Waals surface area contributed by atoms with Crippen LogP contribution in [0, 0.1) is 32.6 Å². The monoisotopic (exact) mass is 591 g/mol. The number of nitrogens with one attached hydrogen (secondary N) is 2. The Balaban J connectivity index is 1.51. The molecule has 1 saturated heterocycles. The first-order chi connectivity index (χ1) is 20.4. The van der Waals surface area contributed by atoms with Crippen molar-refractivity contribution in [2.24, 2.45) is 11.8 Å². The number of likely N-dealkylation sites (tertiary alicyclic amines) is 1. The van der Waals surface area contributed by atoms with E-state index in [1.807, 2.05) is 63.2 Å². The Morgan fingerprint density at radius 3 is 2.12 bits per heavy atom.